The fraction of sp³-hybridized carbons (Fsp3) is 0.609. The number of hydrogen-bond acceptors (Lipinski definition) is 10. The fourth-order valence-corrected chi connectivity index (χ4v) is 8.47. The number of ether oxygens (including phenoxy) is 1. The quantitative estimate of drug-likeness (QED) is 0.0981. The van der Waals surface area contributed by atoms with Gasteiger partial charge in [0.05, 0.1) is 0 Å². The van der Waals surface area contributed by atoms with Gasteiger partial charge in [-0.25, -0.2) is 4.79 Å². The van der Waals surface area contributed by atoms with Crippen LogP contribution < -0.4 is 0 Å². The molecule has 0 spiro atoms. The van der Waals surface area contributed by atoms with Crippen molar-refractivity contribution in [2.24, 2.45) is 0 Å². The van der Waals surface area contributed by atoms with Crippen molar-refractivity contribution in [2.75, 3.05) is 58.4 Å². The van der Waals surface area contributed by atoms with Gasteiger partial charge < -0.3 is 4.74 Å². The van der Waals surface area contributed by atoms with E-state index >= 15 is 0 Å². The molecule has 1 atom stereocenters. The van der Waals surface area contributed by atoms with E-state index in [1.807, 2.05) is 60.9 Å². The molecule has 33 heavy (non-hydrogen) atoms. The van der Waals surface area contributed by atoms with E-state index in [-0.39, 0.29) is 21.4 Å². The maximum Gasteiger partial charge on any atom is 0.330 e. The zero-order valence-electron chi connectivity index (χ0n) is 19.7. The molecule has 0 rings (SSSR count). The molecule has 188 valence electrons. The summed E-state index contributed by atoms with van der Waals surface area (Å²) in [5.74, 6) is 8.39. The van der Waals surface area contributed by atoms with Crippen LogP contribution >= 0.6 is 70.6 Å². The Morgan fingerprint density at radius 3 is 1.70 bits per heavy atom. The van der Waals surface area contributed by atoms with E-state index in [1.54, 1.807) is 37.3 Å². The standard InChI is InChI=1S/C23H36O4S6/c1-4-7-21(24)27-18-20(31-15-12-29-14-17-33-23(26)9-6-3)19-30-11-10-28-13-16-32-22(25)8-5-2/h4-9,20H,10-19H2,1-3H3. The third-order valence-corrected chi connectivity index (χ3v) is 10.7. The van der Waals surface area contributed by atoms with E-state index in [0.29, 0.717) is 6.61 Å². The largest absolute Gasteiger partial charge is 0.461 e. The first kappa shape index (κ1) is 33.1. The summed E-state index contributed by atoms with van der Waals surface area (Å²) in [4.78, 5) is 34.5. The molecular weight excluding hydrogens is 533 g/mol. The third-order valence-electron chi connectivity index (χ3n) is 3.52. The lowest BCUT2D eigenvalue weighted by molar-refractivity contribution is -0.137. The molecule has 1 unspecified atom stereocenters. The van der Waals surface area contributed by atoms with Gasteiger partial charge in [0.25, 0.3) is 0 Å². The van der Waals surface area contributed by atoms with E-state index in [4.69, 9.17) is 4.74 Å². The van der Waals surface area contributed by atoms with Crippen molar-refractivity contribution in [1.82, 2.24) is 0 Å². The van der Waals surface area contributed by atoms with E-state index in [0.717, 1.165) is 51.8 Å². The first-order valence-corrected chi connectivity index (χ1v) is 17.2. The Kier molecular flexibility index (Phi) is 25.3. The molecule has 0 aromatic heterocycles. The van der Waals surface area contributed by atoms with Crippen LogP contribution in [-0.2, 0) is 19.1 Å². The summed E-state index contributed by atoms with van der Waals surface area (Å²) < 4.78 is 5.38. The van der Waals surface area contributed by atoms with Crippen LogP contribution in [0.5, 0.6) is 0 Å². The maximum atomic E-state index is 11.7. The molecule has 4 nitrogen and oxygen atoms in total. The predicted octanol–water partition coefficient (Wildman–Crippen LogP) is 6.08. The lowest BCUT2D eigenvalue weighted by Gasteiger charge is -2.16. The van der Waals surface area contributed by atoms with Gasteiger partial charge in [-0.2, -0.15) is 47.0 Å². The van der Waals surface area contributed by atoms with Gasteiger partial charge in [0.2, 0.25) is 10.2 Å². The molecule has 0 aliphatic rings. The normalized spacial score (nSPS) is 12.7. The monoisotopic (exact) mass is 568 g/mol. The Hall–Kier alpha value is 0.130. The highest BCUT2D eigenvalue weighted by molar-refractivity contribution is 8.15. The summed E-state index contributed by atoms with van der Waals surface area (Å²) in [5, 5.41) is 0.514. The van der Waals surface area contributed by atoms with Crippen LogP contribution in [0.15, 0.2) is 36.5 Å². The zero-order chi connectivity index (χ0) is 24.6. The Morgan fingerprint density at radius 1 is 0.667 bits per heavy atom. The number of carbonyl (C=O) groups is 3. The Labute approximate surface area is 225 Å². The van der Waals surface area contributed by atoms with Crippen LogP contribution in [0.3, 0.4) is 0 Å². The van der Waals surface area contributed by atoms with Crippen molar-refractivity contribution in [3.05, 3.63) is 36.5 Å². The summed E-state index contributed by atoms with van der Waals surface area (Å²) in [6.45, 7) is 5.93. The highest BCUT2D eigenvalue weighted by atomic mass is 32.2. The van der Waals surface area contributed by atoms with E-state index in [1.165, 1.54) is 29.6 Å². The summed E-state index contributed by atoms with van der Waals surface area (Å²) in [6.07, 6.45) is 9.90. The molecule has 0 N–H and O–H groups in total. The molecule has 0 aliphatic carbocycles. The molecule has 0 aromatic rings. The topological polar surface area (TPSA) is 60.4 Å². The summed E-state index contributed by atoms with van der Waals surface area (Å²) in [5.41, 5.74) is 0. The van der Waals surface area contributed by atoms with Gasteiger partial charge in [0.1, 0.15) is 6.61 Å². The summed E-state index contributed by atoms with van der Waals surface area (Å²) in [7, 11) is 0. The van der Waals surface area contributed by atoms with Gasteiger partial charge in [-0.1, -0.05) is 41.8 Å². The number of thioether (sulfide) groups is 6. The van der Waals surface area contributed by atoms with Gasteiger partial charge in [-0.15, -0.1) is 0 Å². The Bertz CT molecular complexity index is 622. The smallest absolute Gasteiger partial charge is 0.330 e. The van der Waals surface area contributed by atoms with E-state index in [9.17, 15) is 14.4 Å². The molecule has 10 heteroatoms. The van der Waals surface area contributed by atoms with Crippen molar-refractivity contribution in [1.29, 1.82) is 0 Å². The van der Waals surface area contributed by atoms with E-state index < -0.39 is 0 Å². The maximum absolute atomic E-state index is 11.7. The lowest BCUT2D eigenvalue weighted by atomic mass is 10.5. The molecule has 0 aromatic carbocycles. The second kappa shape index (κ2) is 25.2. The van der Waals surface area contributed by atoms with Gasteiger partial charge in [-0.3, -0.25) is 9.59 Å². The van der Waals surface area contributed by atoms with Crippen LogP contribution in [0.25, 0.3) is 0 Å². The van der Waals surface area contributed by atoms with Crippen LogP contribution in [0.2, 0.25) is 0 Å². The summed E-state index contributed by atoms with van der Waals surface area (Å²) >= 11 is 10.2. The first-order valence-electron chi connectivity index (χ1n) is 10.8. The second-order valence-corrected chi connectivity index (χ2v) is 13.5. The Morgan fingerprint density at radius 2 is 1.15 bits per heavy atom. The first-order chi connectivity index (χ1) is 16.0. The molecule has 0 saturated carbocycles. The van der Waals surface area contributed by atoms with Gasteiger partial charge >= 0.3 is 5.97 Å². The van der Waals surface area contributed by atoms with Crippen LogP contribution in [-0.4, -0.2) is 79.8 Å². The minimum atomic E-state index is -0.286. The van der Waals surface area contributed by atoms with Crippen molar-refractivity contribution in [3.63, 3.8) is 0 Å². The van der Waals surface area contributed by atoms with Gasteiger partial charge in [-0.05, 0) is 32.9 Å². The number of carbonyl (C=O) groups excluding carboxylic acids is 3. The fourth-order valence-electron chi connectivity index (χ4n) is 2.08. The van der Waals surface area contributed by atoms with Crippen LogP contribution in [0, 0.1) is 0 Å². The molecule has 0 radical (unpaired) electrons. The van der Waals surface area contributed by atoms with Gasteiger partial charge in [0, 0.05) is 63.1 Å². The highest BCUT2D eigenvalue weighted by Crippen LogP contribution is 2.20. The third kappa shape index (κ3) is 23.6. The molecule has 0 fully saturated rings. The predicted molar refractivity (Wildman–Crippen MR) is 159 cm³/mol. The molecule has 0 bridgehead atoms. The van der Waals surface area contributed by atoms with Crippen molar-refractivity contribution >= 4 is 86.8 Å². The zero-order valence-corrected chi connectivity index (χ0v) is 24.6. The summed E-state index contributed by atoms with van der Waals surface area (Å²) in [6, 6.07) is 0. The average Bonchev–Trinajstić information content (AvgIpc) is 2.78. The highest BCUT2D eigenvalue weighted by Gasteiger charge is 2.12. The van der Waals surface area contributed by atoms with Crippen molar-refractivity contribution in [3.8, 4) is 0 Å². The van der Waals surface area contributed by atoms with E-state index in [2.05, 4.69) is 0 Å². The molecule has 0 heterocycles. The number of esters is 1. The van der Waals surface area contributed by atoms with Crippen molar-refractivity contribution in [2.45, 2.75) is 26.0 Å². The molecular formula is C23H36O4S6. The SMILES string of the molecule is CC=CC(=O)OCC(CSCCSCCSC(=O)C=CC)SCCSCCSC(=O)C=CC. The molecule has 0 saturated heterocycles. The molecule has 0 amide bonds. The second-order valence-electron chi connectivity index (χ2n) is 6.26. The van der Waals surface area contributed by atoms with Crippen molar-refractivity contribution < 1.29 is 19.1 Å². The molecule has 0 aliphatic heterocycles. The Balaban J connectivity index is 4.02. The minimum Gasteiger partial charge on any atom is -0.461 e. The lowest BCUT2D eigenvalue weighted by Crippen LogP contribution is -2.19. The minimum absolute atomic E-state index is 0.117. The number of hydrogen-bond donors (Lipinski definition) is 0. The van der Waals surface area contributed by atoms with Crippen LogP contribution in [0.4, 0.5) is 0 Å². The average molecular weight is 569 g/mol. The van der Waals surface area contributed by atoms with Gasteiger partial charge in [0.15, 0.2) is 0 Å². The van der Waals surface area contributed by atoms with Crippen LogP contribution in [0.1, 0.15) is 20.8 Å². The number of rotatable bonds is 20. The number of allylic oxidation sites excluding steroid dienone is 3.